The molecular formula is C14H18F3IN4O2. The zero-order valence-corrected chi connectivity index (χ0v) is 14.9. The van der Waals surface area contributed by atoms with Crippen LogP contribution in [0, 0.1) is 0 Å². The van der Waals surface area contributed by atoms with Gasteiger partial charge >= 0.3 is 6.18 Å². The maximum Gasteiger partial charge on any atom is 0.405 e. The third-order valence-corrected chi connectivity index (χ3v) is 3.16. The summed E-state index contributed by atoms with van der Waals surface area (Å²) in [6.45, 7) is -1.35. The summed E-state index contributed by atoms with van der Waals surface area (Å²) < 4.78 is 41.4. The molecule has 24 heavy (non-hydrogen) atoms. The molecule has 6 nitrogen and oxygen atoms in total. The first-order chi connectivity index (χ1) is 10.8. The van der Waals surface area contributed by atoms with E-state index in [0.29, 0.717) is 13.0 Å². The Morgan fingerprint density at radius 3 is 2.79 bits per heavy atom. The average molecular weight is 458 g/mol. The van der Waals surface area contributed by atoms with Crippen LogP contribution in [-0.2, 0) is 4.79 Å². The first-order valence-electron chi connectivity index (χ1n) is 6.97. The summed E-state index contributed by atoms with van der Waals surface area (Å²) in [6.07, 6.45) is -3.79. The van der Waals surface area contributed by atoms with Crippen LogP contribution in [0.2, 0.25) is 0 Å². The van der Waals surface area contributed by atoms with Gasteiger partial charge in [0.25, 0.3) is 0 Å². The van der Waals surface area contributed by atoms with Gasteiger partial charge in [-0.1, -0.05) is 18.2 Å². The maximum atomic E-state index is 12.0. The molecule has 0 saturated carbocycles. The Kier molecular flexibility index (Phi) is 7.58. The van der Waals surface area contributed by atoms with Crippen molar-refractivity contribution in [2.75, 3.05) is 19.7 Å². The second-order valence-corrected chi connectivity index (χ2v) is 4.97. The van der Waals surface area contributed by atoms with Crippen molar-refractivity contribution in [2.45, 2.75) is 18.6 Å². The summed E-state index contributed by atoms with van der Waals surface area (Å²) in [5.41, 5.74) is 6.60. The minimum Gasteiger partial charge on any atom is -0.493 e. The van der Waals surface area contributed by atoms with Crippen LogP contribution in [-0.4, -0.2) is 37.7 Å². The minimum absolute atomic E-state index is 0. The molecule has 10 heteroatoms. The first kappa shape index (κ1) is 20.3. The smallest absolute Gasteiger partial charge is 0.405 e. The fraction of sp³-hybridized carbons (Fsp3) is 0.429. The Balaban J connectivity index is 0.00000288. The lowest BCUT2D eigenvalue weighted by Crippen LogP contribution is -2.39. The Morgan fingerprint density at radius 2 is 2.08 bits per heavy atom. The lowest BCUT2D eigenvalue weighted by molar-refractivity contribution is -0.137. The van der Waals surface area contributed by atoms with Gasteiger partial charge in [-0.15, -0.1) is 24.0 Å². The maximum absolute atomic E-state index is 12.0. The van der Waals surface area contributed by atoms with Gasteiger partial charge in [0.2, 0.25) is 5.91 Å². The number of aliphatic imine (C=N–C) groups is 1. The van der Waals surface area contributed by atoms with Gasteiger partial charge in [0.05, 0.1) is 12.6 Å². The largest absolute Gasteiger partial charge is 0.493 e. The molecule has 1 unspecified atom stereocenters. The Morgan fingerprint density at radius 1 is 1.38 bits per heavy atom. The van der Waals surface area contributed by atoms with Gasteiger partial charge in [-0.3, -0.25) is 4.79 Å². The van der Waals surface area contributed by atoms with Gasteiger partial charge < -0.3 is 21.1 Å². The van der Waals surface area contributed by atoms with Gasteiger partial charge in [0.15, 0.2) is 5.96 Å². The standard InChI is InChI=1S/C14H17F3N4O2.HI/c15-14(16,17)8-20-12(22)7-19-13(18)21-10-5-6-23-11-4-2-1-3-9(10)11;/h1-4,10H,5-8H2,(H,20,22)(H3,18,19,21);1H. The summed E-state index contributed by atoms with van der Waals surface area (Å²) in [4.78, 5) is 15.0. The summed E-state index contributed by atoms with van der Waals surface area (Å²) >= 11 is 0. The Bertz CT molecular complexity index is 596. The second-order valence-electron chi connectivity index (χ2n) is 4.97. The predicted molar refractivity (Wildman–Crippen MR) is 93.4 cm³/mol. The molecule has 0 fully saturated rings. The van der Waals surface area contributed by atoms with Crippen molar-refractivity contribution < 1.29 is 22.7 Å². The van der Waals surface area contributed by atoms with Crippen LogP contribution in [0.3, 0.4) is 0 Å². The van der Waals surface area contributed by atoms with Crippen LogP contribution in [0.25, 0.3) is 0 Å². The van der Waals surface area contributed by atoms with E-state index in [2.05, 4.69) is 10.3 Å². The molecule has 0 aromatic heterocycles. The highest BCUT2D eigenvalue weighted by Gasteiger charge is 2.27. The summed E-state index contributed by atoms with van der Waals surface area (Å²) in [5, 5.41) is 4.67. The normalized spacial score (nSPS) is 17.1. The number of hydrogen-bond donors (Lipinski definition) is 3. The highest BCUT2D eigenvalue weighted by atomic mass is 127. The van der Waals surface area contributed by atoms with Crippen LogP contribution in [0.5, 0.6) is 5.75 Å². The van der Waals surface area contributed by atoms with Crippen molar-refractivity contribution in [3.8, 4) is 5.75 Å². The molecule has 1 atom stereocenters. The van der Waals surface area contributed by atoms with E-state index in [4.69, 9.17) is 10.5 Å². The van der Waals surface area contributed by atoms with Crippen molar-refractivity contribution in [3.05, 3.63) is 29.8 Å². The molecule has 134 valence electrons. The second kappa shape index (κ2) is 8.94. The van der Waals surface area contributed by atoms with E-state index in [-0.39, 0.29) is 36.0 Å². The van der Waals surface area contributed by atoms with Gasteiger partial charge in [0, 0.05) is 12.0 Å². The van der Waals surface area contributed by atoms with Crippen molar-refractivity contribution in [1.82, 2.24) is 10.6 Å². The van der Waals surface area contributed by atoms with Crippen molar-refractivity contribution in [3.63, 3.8) is 0 Å². The van der Waals surface area contributed by atoms with Gasteiger partial charge in [0.1, 0.15) is 18.8 Å². The number of nitrogens with two attached hydrogens (primary N) is 1. The summed E-state index contributed by atoms with van der Waals surface area (Å²) in [7, 11) is 0. The monoisotopic (exact) mass is 458 g/mol. The number of ether oxygens (including phenoxy) is 1. The van der Waals surface area contributed by atoms with E-state index >= 15 is 0 Å². The number of amides is 1. The molecule has 1 aromatic carbocycles. The fourth-order valence-corrected chi connectivity index (χ4v) is 2.13. The van der Waals surface area contributed by atoms with Crippen LogP contribution >= 0.6 is 24.0 Å². The number of para-hydroxylation sites is 1. The van der Waals surface area contributed by atoms with E-state index in [0.717, 1.165) is 11.3 Å². The molecule has 2 rings (SSSR count). The number of carbonyl (C=O) groups excluding carboxylic acids is 1. The molecule has 1 aliphatic rings. The number of fused-ring (bicyclic) bond motifs is 1. The van der Waals surface area contributed by atoms with E-state index in [1.165, 1.54) is 0 Å². The molecule has 0 saturated heterocycles. The highest BCUT2D eigenvalue weighted by Crippen LogP contribution is 2.31. The number of nitrogens with one attached hydrogen (secondary N) is 2. The molecule has 0 aliphatic carbocycles. The van der Waals surface area contributed by atoms with Crippen molar-refractivity contribution in [2.24, 2.45) is 10.7 Å². The SMILES string of the molecule is I.NC(=NCC(=O)NCC(F)(F)F)NC1CCOc2ccccc21. The number of halogens is 4. The number of rotatable bonds is 4. The number of guanidine groups is 1. The average Bonchev–Trinajstić information content (AvgIpc) is 2.50. The number of hydrogen-bond acceptors (Lipinski definition) is 3. The number of nitrogens with zero attached hydrogens (tertiary/aromatic N) is 1. The van der Waals surface area contributed by atoms with Gasteiger partial charge in [-0.25, -0.2) is 4.99 Å². The Hall–Kier alpha value is -1.72. The quantitative estimate of drug-likeness (QED) is 0.364. The lowest BCUT2D eigenvalue weighted by atomic mass is 10.0. The molecule has 1 aliphatic heterocycles. The molecule has 4 N–H and O–H groups in total. The van der Waals surface area contributed by atoms with Crippen LogP contribution < -0.4 is 21.1 Å². The van der Waals surface area contributed by atoms with E-state index < -0.39 is 25.2 Å². The zero-order valence-electron chi connectivity index (χ0n) is 12.6. The minimum atomic E-state index is -4.45. The molecule has 1 heterocycles. The Labute approximate surface area is 154 Å². The number of carbonyl (C=O) groups is 1. The molecule has 0 bridgehead atoms. The van der Waals surface area contributed by atoms with Crippen LogP contribution in [0.4, 0.5) is 13.2 Å². The summed E-state index contributed by atoms with van der Waals surface area (Å²) in [5.74, 6) is -0.111. The fourth-order valence-electron chi connectivity index (χ4n) is 2.13. The number of alkyl halides is 3. The van der Waals surface area contributed by atoms with E-state index in [1.54, 1.807) is 5.32 Å². The molecule has 0 spiro atoms. The van der Waals surface area contributed by atoms with Crippen molar-refractivity contribution >= 4 is 35.8 Å². The van der Waals surface area contributed by atoms with Gasteiger partial charge in [-0.2, -0.15) is 13.2 Å². The predicted octanol–water partition coefficient (Wildman–Crippen LogP) is 1.71. The van der Waals surface area contributed by atoms with E-state index in [1.807, 2.05) is 24.3 Å². The topological polar surface area (TPSA) is 88.7 Å². The van der Waals surface area contributed by atoms with Crippen molar-refractivity contribution in [1.29, 1.82) is 0 Å². The molecule has 1 aromatic rings. The third kappa shape index (κ3) is 6.42. The summed E-state index contributed by atoms with van der Waals surface area (Å²) in [6, 6.07) is 7.31. The molecular weight excluding hydrogens is 440 g/mol. The highest BCUT2D eigenvalue weighted by molar-refractivity contribution is 14.0. The first-order valence-corrected chi connectivity index (χ1v) is 6.97. The zero-order chi connectivity index (χ0) is 16.9. The van der Waals surface area contributed by atoms with Crippen LogP contribution in [0.15, 0.2) is 29.3 Å². The van der Waals surface area contributed by atoms with Gasteiger partial charge in [-0.05, 0) is 6.07 Å². The van der Waals surface area contributed by atoms with E-state index in [9.17, 15) is 18.0 Å². The molecule has 0 radical (unpaired) electrons. The lowest BCUT2D eigenvalue weighted by Gasteiger charge is -2.26. The van der Waals surface area contributed by atoms with Crippen LogP contribution in [0.1, 0.15) is 18.0 Å². The molecule has 1 amide bonds. The number of benzene rings is 1. The third-order valence-electron chi connectivity index (χ3n) is 3.16.